The predicted octanol–water partition coefficient (Wildman–Crippen LogP) is 1.27. The number of benzene rings is 1. The van der Waals surface area contributed by atoms with E-state index in [0.29, 0.717) is 12.4 Å². The van der Waals surface area contributed by atoms with Crippen LogP contribution in [-0.4, -0.2) is 19.9 Å². The fourth-order valence-corrected chi connectivity index (χ4v) is 1.54. The topological polar surface area (TPSA) is 50.9 Å². The van der Waals surface area contributed by atoms with Crippen molar-refractivity contribution in [2.45, 2.75) is 20.1 Å². The molecule has 4 nitrogen and oxygen atoms in total. The van der Waals surface area contributed by atoms with E-state index in [-0.39, 0.29) is 12.4 Å². The maximum Gasteiger partial charge on any atom is 0.152 e. The van der Waals surface area contributed by atoms with E-state index in [1.165, 1.54) is 18.5 Å². The summed E-state index contributed by atoms with van der Waals surface area (Å²) in [7, 11) is 0. The van der Waals surface area contributed by atoms with Crippen LogP contribution >= 0.6 is 0 Å². The first-order valence-electron chi connectivity index (χ1n) is 4.93. The van der Waals surface area contributed by atoms with Crippen LogP contribution in [0.15, 0.2) is 24.5 Å². The number of nitrogens with zero attached hydrogens (tertiary/aromatic N) is 3. The van der Waals surface area contributed by atoms with Crippen molar-refractivity contribution in [2.24, 2.45) is 0 Å². The third kappa shape index (κ3) is 2.09. The van der Waals surface area contributed by atoms with Crippen LogP contribution in [-0.2, 0) is 13.2 Å². The Bertz CT molecular complexity index is 496. The van der Waals surface area contributed by atoms with E-state index in [9.17, 15) is 4.39 Å². The van der Waals surface area contributed by atoms with Gasteiger partial charge in [-0.3, -0.25) is 0 Å². The van der Waals surface area contributed by atoms with E-state index in [4.69, 9.17) is 5.11 Å². The zero-order chi connectivity index (χ0) is 11.5. The van der Waals surface area contributed by atoms with Crippen molar-refractivity contribution in [2.75, 3.05) is 0 Å². The van der Waals surface area contributed by atoms with Gasteiger partial charge < -0.3 is 5.11 Å². The molecule has 0 saturated carbocycles. The van der Waals surface area contributed by atoms with Gasteiger partial charge in [0.15, 0.2) is 5.82 Å². The quantitative estimate of drug-likeness (QED) is 0.849. The molecule has 1 aromatic heterocycles. The Morgan fingerprint density at radius 2 is 2.25 bits per heavy atom. The number of halogens is 1. The number of rotatable bonds is 3. The molecular weight excluding hydrogens is 209 g/mol. The molecule has 0 fully saturated rings. The SMILES string of the molecule is Cc1cc(F)ccc1Cn1ncnc1CO. The fraction of sp³-hybridized carbons (Fsp3) is 0.273. The monoisotopic (exact) mass is 221 g/mol. The van der Waals surface area contributed by atoms with Gasteiger partial charge in [-0.2, -0.15) is 5.10 Å². The third-order valence-electron chi connectivity index (χ3n) is 2.46. The molecule has 1 aromatic carbocycles. The molecule has 5 heteroatoms. The Hall–Kier alpha value is -1.75. The van der Waals surface area contributed by atoms with Gasteiger partial charge in [0.1, 0.15) is 18.8 Å². The highest BCUT2D eigenvalue weighted by atomic mass is 19.1. The zero-order valence-corrected chi connectivity index (χ0v) is 8.89. The molecule has 0 radical (unpaired) electrons. The Kier molecular flexibility index (Phi) is 2.96. The molecule has 0 saturated heterocycles. The Morgan fingerprint density at radius 1 is 1.44 bits per heavy atom. The molecule has 16 heavy (non-hydrogen) atoms. The van der Waals surface area contributed by atoms with E-state index in [2.05, 4.69) is 10.1 Å². The lowest BCUT2D eigenvalue weighted by molar-refractivity contribution is 0.264. The van der Waals surface area contributed by atoms with Gasteiger partial charge in [-0.15, -0.1) is 0 Å². The number of aliphatic hydroxyl groups is 1. The van der Waals surface area contributed by atoms with Crippen LogP contribution in [0.25, 0.3) is 0 Å². The lowest BCUT2D eigenvalue weighted by atomic mass is 10.1. The lowest BCUT2D eigenvalue weighted by Crippen LogP contribution is -2.08. The van der Waals surface area contributed by atoms with Gasteiger partial charge in [-0.25, -0.2) is 14.1 Å². The van der Waals surface area contributed by atoms with Gasteiger partial charge in [-0.05, 0) is 30.2 Å². The van der Waals surface area contributed by atoms with Crippen molar-refractivity contribution in [3.63, 3.8) is 0 Å². The first-order chi connectivity index (χ1) is 7.70. The van der Waals surface area contributed by atoms with Gasteiger partial charge in [0.2, 0.25) is 0 Å². The molecule has 0 aliphatic heterocycles. The third-order valence-corrected chi connectivity index (χ3v) is 2.46. The van der Waals surface area contributed by atoms with Crippen LogP contribution in [0.5, 0.6) is 0 Å². The number of hydrogen-bond donors (Lipinski definition) is 1. The highest BCUT2D eigenvalue weighted by Gasteiger charge is 2.06. The summed E-state index contributed by atoms with van der Waals surface area (Å²) >= 11 is 0. The van der Waals surface area contributed by atoms with Crippen LogP contribution in [0.4, 0.5) is 4.39 Å². The zero-order valence-electron chi connectivity index (χ0n) is 8.89. The second kappa shape index (κ2) is 4.40. The molecule has 0 bridgehead atoms. The summed E-state index contributed by atoms with van der Waals surface area (Å²) < 4.78 is 14.5. The van der Waals surface area contributed by atoms with Gasteiger partial charge in [0, 0.05) is 0 Å². The highest BCUT2D eigenvalue weighted by molar-refractivity contribution is 5.26. The molecule has 0 spiro atoms. The van der Waals surface area contributed by atoms with E-state index in [1.807, 2.05) is 6.92 Å². The highest BCUT2D eigenvalue weighted by Crippen LogP contribution is 2.12. The summed E-state index contributed by atoms with van der Waals surface area (Å²) in [6.07, 6.45) is 1.39. The maximum atomic E-state index is 12.9. The van der Waals surface area contributed by atoms with Crippen molar-refractivity contribution in [1.82, 2.24) is 14.8 Å². The van der Waals surface area contributed by atoms with Crippen molar-refractivity contribution >= 4 is 0 Å². The van der Waals surface area contributed by atoms with Crippen LogP contribution in [0.2, 0.25) is 0 Å². The van der Waals surface area contributed by atoms with Crippen molar-refractivity contribution in [1.29, 1.82) is 0 Å². The van der Waals surface area contributed by atoms with E-state index in [1.54, 1.807) is 10.7 Å². The van der Waals surface area contributed by atoms with Gasteiger partial charge in [0.05, 0.1) is 6.54 Å². The second-order valence-corrected chi connectivity index (χ2v) is 3.56. The van der Waals surface area contributed by atoms with Crippen molar-refractivity contribution in [3.05, 3.63) is 47.3 Å². The summed E-state index contributed by atoms with van der Waals surface area (Å²) in [5.74, 6) is 0.256. The second-order valence-electron chi connectivity index (χ2n) is 3.56. The molecule has 1 heterocycles. The number of hydrogen-bond acceptors (Lipinski definition) is 3. The molecule has 0 amide bonds. The van der Waals surface area contributed by atoms with Crippen molar-refractivity contribution < 1.29 is 9.50 Å². The molecule has 0 unspecified atom stereocenters. The number of aromatic nitrogens is 3. The minimum absolute atomic E-state index is 0.153. The first kappa shape index (κ1) is 10.8. The van der Waals surface area contributed by atoms with Crippen LogP contribution in [0, 0.1) is 12.7 Å². The molecule has 2 rings (SSSR count). The van der Waals surface area contributed by atoms with Crippen LogP contribution < -0.4 is 0 Å². The van der Waals surface area contributed by atoms with Gasteiger partial charge in [0.25, 0.3) is 0 Å². The molecule has 0 aliphatic carbocycles. The molecule has 0 aliphatic rings. The molecule has 2 aromatic rings. The Labute approximate surface area is 92.4 Å². The lowest BCUT2D eigenvalue weighted by Gasteiger charge is -2.07. The molecular formula is C11H12FN3O. The van der Waals surface area contributed by atoms with Crippen LogP contribution in [0.3, 0.4) is 0 Å². The maximum absolute atomic E-state index is 12.9. The standard InChI is InChI=1S/C11H12FN3O/c1-8-4-10(12)3-2-9(8)5-15-11(6-16)13-7-14-15/h2-4,7,16H,5-6H2,1H3. The molecule has 84 valence electrons. The molecule has 0 atom stereocenters. The summed E-state index contributed by atoms with van der Waals surface area (Å²) in [5.41, 5.74) is 1.82. The van der Waals surface area contributed by atoms with Crippen molar-refractivity contribution in [3.8, 4) is 0 Å². The largest absolute Gasteiger partial charge is 0.388 e. The number of aliphatic hydroxyl groups excluding tert-OH is 1. The van der Waals surface area contributed by atoms with E-state index in [0.717, 1.165) is 11.1 Å². The fourth-order valence-electron chi connectivity index (χ4n) is 1.54. The van der Waals surface area contributed by atoms with Gasteiger partial charge >= 0.3 is 0 Å². The smallest absolute Gasteiger partial charge is 0.152 e. The predicted molar refractivity (Wildman–Crippen MR) is 56.2 cm³/mol. The summed E-state index contributed by atoms with van der Waals surface area (Å²) in [4.78, 5) is 3.91. The minimum atomic E-state index is -0.248. The van der Waals surface area contributed by atoms with Gasteiger partial charge in [-0.1, -0.05) is 6.07 Å². The average molecular weight is 221 g/mol. The summed E-state index contributed by atoms with van der Waals surface area (Å²) in [6, 6.07) is 4.61. The Balaban J connectivity index is 2.27. The summed E-state index contributed by atoms with van der Waals surface area (Å²) in [6.45, 7) is 2.18. The minimum Gasteiger partial charge on any atom is -0.388 e. The first-order valence-corrected chi connectivity index (χ1v) is 4.93. The normalized spacial score (nSPS) is 10.7. The summed E-state index contributed by atoms with van der Waals surface area (Å²) in [5, 5.41) is 13.0. The Morgan fingerprint density at radius 3 is 2.94 bits per heavy atom. The van der Waals surface area contributed by atoms with Crippen LogP contribution in [0.1, 0.15) is 17.0 Å². The molecule has 1 N–H and O–H groups in total. The number of aryl methyl sites for hydroxylation is 1. The van der Waals surface area contributed by atoms with E-state index >= 15 is 0 Å². The average Bonchev–Trinajstić information content (AvgIpc) is 2.69. The van der Waals surface area contributed by atoms with E-state index < -0.39 is 0 Å².